The highest BCUT2D eigenvalue weighted by atomic mass is 32.2. The molecule has 0 saturated carbocycles. The smallest absolute Gasteiger partial charge is 0.255 e. The van der Waals surface area contributed by atoms with Crippen LogP contribution in [-0.2, 0) is 16.3 Å². The van der Waals surface area contributed by atoms with E-state index in [4.69, 9.17) is 0 Å². The molecule has 5 nitrogen and oxygen atoms in total. The van der Waals surface area contributed by atoms with E-state index in [9.17, 15) is 18.4 Å². The number of rotatable bonds is 4. The van der Waals surface area contributed by atoms with E-state index in [-0.39, 0.29) is 11.2 Å². The van der Waals surface area contributed by atoms with Crippen LogP contribution in [0, 0.1) is 11.6 Å². The van der Waals surface area contributed by atoms with Crippen molar-refractivity contribution in [2.75, 3.05) is 5.32 Å². The Kier molecular flexibility index (Phi) is 4.91. The highest BCUT2D eigenvalue weighted by molar-refractivity contribution is 8.00. The highest BCUT2D eigenvalue weighted by Crippen LogP contribution is 2.28. The van der Waals surface area contributed by atoms with Crippen molar-refractivity contribution >= 4 is 35.1 Å². The second-order valence-corrected chi connectivity index (χ2v) is 7.48. The number of aromatic nitrogens is 2. The molecule has 126 valence electrons. The topological polar surface area (TPSA) is 74.8 Å². The number of halogens is 2. The third-order valence-electron chi connectivity index (χ3n) is 3.41. The number of anilines is 1. The Morgan fingerprint density at radius 2 is 2.21 bits per heavy atom. The summed E-state index contributed by atoms with van der Waals surface area (Å²) in [6.07, 6.45) is 0. The quantitative estimate of drug-likeness (QED) is 0.640. The van der Waals surface area contributed by atoms with Gasteiger partial charge in [0.05, 0.1) is 16.6 Å². The van der Waals surface area contributed by atoms with Crippen LogP contribution < -0.4 is 10.9 Å². The molecule has 1 aromatic heterocycles. The average molecular weight is 369 g/mol. The van der Waals surface area contributed by atoms with Crippen LogP contribution in [0.25, 0.3) is 0 Å². The SMILES string of the molecule is CC(Sc1nc2c(c(=O)[nH]1)CSC2)C(=O)Nc1cc(F)ccc1F. The first-order valence-electron chi connectivity index (χ1n) is 7.06. The summed E-state index contributed by atoms with van der Waals surface area (Å²) in [5.74, 6) is -0.571. The molecule has 1 atom stereocenters. The Bertz CT molecular complexity index is 857. The Hall–Kier alpha value is -1.87. The molecule has 0 spiro atoms. The van der Waals surface area contributed by atoms with Crippen LogP contribution in [0.4, 0.5) is 14.5 Å². The molecular weight excluding hydrogens is 356 g/mol. The Morgan fingerprint density at radius 1 is 1.42 bits per heavy atom. The van der Waals surface area contributed by atoms with Gasteiger partial charge in [0, 0.05) is 23.1 Å². The zero-order chi connectivity index (χ0) is 17.3. The summed E-state index contributed by atoms with van der Waals surface area (Å²) in [6.45, 7) is 1.60. The van der Waals surface area contributed by atoms with Crippen LogP contribution in [-0.4, -0.2) is 21.1 Å². The van der Waals surface area contributed by atoms with Crippen molar-refractivity contribution in [1.29, 1.82) is 0 Å². The van der Waals surface area contributed by atoms with Crippen molar-refractivity contribution in [3.8, 4) is 0 Å². The van der Waals surface area contributed by atoms with Crippen molar-refractivity contribution in [1.82, 2.24) is 9.97 Å². The number of nitrogens with zero attached hydrogens (tertiary/aromatic N) is 1. The predicted octanol–water partition coefficient (Wildman–Crippen LogP) is 2.91. The van der Waals surface area contributed by atoms with Gasteiger partial charge in [0.1, 0.15) is 11.6 Å². The lowest BCUT2D eigenvalue weighted by Gasteiger charge is -2.12. The van der Waals surface area contributed by atoms with Crippen LogP contribution in [0.2, 0.25) is 0 Å². The molecule has 0 bridgehead atoms. The number of aromatic amines is 1. The maximum absolute atomic E-state index is 13.6. The van der Waals surface area contributed by atoms with E-state index in [0.717, 1.165) is 35.7 Å². The molecule has 3 rings (SSSR count). The summed E-state index contributed by atoms with van der Waals surface area (Å²) < 4.78 is 26.7. The van der Waals surface area contributed by atoms with Crippen molar-refractivity contribution in [2.45, 2.75) is 28.8 Å². The van der Waals surface area contributed by atoms with Gasteiger partial charge in [0.25, 0.3) is 5.56 Å². The molecule has 2 heterocycles. The second-order valence-electron chi connectivity index (χ2n) is 5.16. The molecule has 24 heavy (non-hydrogen) atoms. The summed E-state index contributed by atoms with van der Waals surface area (Å²) in [6, 6.07) is 2.83. The van der Waals surface area contributed by atoms with E-state index >= 15 is 0 Å². The maximum atomic E-state index is 13.6. The van der Waals surface area contributed by atoms with Crippen LogP contribution in [0.15, 0.2) is 28.2 Å². The number of carbonyl (C=O) groups is 1. The molecule has 2 N–H and O–H groups in total. The number of thioether (sulfide) groups is 2. The number of fused-ring (bicyclic) bond motifs is 1. The number of nitrogens with one attached hydrogen (secondary N) is 2. The van der Waals surface area contributed by atoms with Crippen LogP contribution in [0.5, 0.6) is 0 Å². The second kappa shape index (κ2) is 6.94. The minimum atomic E-state index is -0.719. The summed E-state index contributed by atoms with van der Waals surface area (Å²) >= 11 is 2.66. The Labute approximate surface area is 144 Å². The van der Waals surface area contributed by atoms with Crippen LogP contribution >= 0.6 is 23.5 Å². The molecule has 0 radical (unpaired) electrons. The zero-order valence-electron chi connectivity index (χ0n) is 12.6. The Balaban J connectivity index is 1.72. The molecule has 1 aliphatic rings. The fourth-order valence-corrected chi connectivity index (χ4v) is 4.00. The van der Waals surface area contributed by atoms with Crippen LogP contribution in [0.1, 0.15) is 18.2 Å². The zero-order valence-corrected chi connectivity index (χ0v) is 14.2. The van der Waals surface area contributed by atoms with E-state index in [1.165, 1.54) is 0 Å². The predicted molar refractivity (Wildman–Crippen MR) is 90.2 cm³/mol. The third-order valence-corrected chi connectivity index (χ3v) is 5.36. The number of benzene rings is 1. The van der Waals surface area contributed by atoms with E-state index < -0.39 is 22.8 Å². The normalized spacial score (nSPS) is 14.3. The van der Waals surface area contributed by atoms with Gasteiger partial charge in [-0.15, -0.1) is 0 Å². The number of carbonyl (C=O) groups excluding carboxylic acids is 1. The third kappa shape index (κ3) is 3.62. The van der Waals surface area contributed by atoms with Crippen molar-refractivity contribution in [2.24, 2.45) is 0 Å². The molecule has 0 aliphatic carbocycles. The molecule has 2 aromatic rings. The van der Waals surface area contributed by atoms with Crippen molar-refractivity contribution in [3.63, 3.8) is 0 Å². The molecule has 1 amide bonds. The lowest BCUT2D eigenvalue weighted by atomic mass is 10.3. The number of amides is 1. The first-order valence-corrected chi connectivity index (χ1v) is 9.10. The molecule has 1 aromatic carbocycles. The van der Waals surface area contributed by atoms with Gasteiger partial charge in [0.2, 0.25) is 5.91 Å². The van der Waals surface area contributed by atoms with Crippen LogP contribution in [0.3, 0.4) is 0 Å². The summed E-state index contributed by atoms with van der Waals surface area (Å²) in [7, 11) is 0. The summed E-state index contributed by atoms with van der Waals surface area (Å²) in [4.78, 5) is 31.1. The van der Waals surface area contributed by atoms with Gasteiger partial charge < -0.3 is 10.3 Å². The summed E-state index contributed by atoms with van der Waals surface area (Å²) in [5.41, 5.74) is 0.980. The standard InChI is InChI=1S/C15H13F2N3O2S2/c1-7(13(21)18-11-4-8(16)2-3-10(11)17)24-15-19-12-6-23-5-9(12)14(22)20-15/h2-4,7H,5-6H2,1H3,(H,18,21)(H,19,20,22). The highest BCUT2D eigenvalue weighted by Gasteiger charge is 2.21. The van der Waals surface area contributed by atoms with Gasteiger partial charge in [-0.2, -0.15) is 11.8 Å². The first-order chi connectivity index (χ1) is 11.4. The molecular formula is C15H13F2N3O2S2. The van der Waals surface area contributed by atoms with Gasteiger partial charge >= 0.3 is 0 Å². The molecule has 1 unspecified atom stereocenters. The number of hydrogen-bond acceptors (Lipinski definition) is 5. The number of hydrogen-bond donors (Lipinski definition) is 2. The lowest BCUT2D eigenvalue weighted by Crippen LogP contribution is -2.24. The van der Waals surface area contributed by atoms with E-state index in [1.54, 1.807) is 18.7 Å². The van der Waals surface area contributed by atoms with Gasteiger partial charge in [-0.1, -0.05) is 11.8 Å². The van der Waals surface area contributed by atoms with Crippen molar-refractivity contribution in [3.05, 3.63) is 51.4 Å². The number of H-pyrrole nitrogens is 1. The molecule has 9 heteroatoms. The fraction of sp³-hybridized carbons (Fsp3) is 0.267. The molecule has 0 saturated heterocycles. The van der Waals surface area contributed by atoms with E-state index in [2.05, 4.69) is 15.3 Å². The maximum Gasteiger partial charge on any atom is 0.255 e. The summed E-state index contributed by atoms with van der Waals surface area (Å²) in [5, 5.41) is 2.03. The van der Waals surface area contributed by atoms with Gasteiger partial charge in [-0.05, 0) is 19.1 Å². The minimum absolute atomic E-state index is 0.198. The average Bonchev–Trinajstić information content (AvgIpc) is 2.99. The fourth-order valence-electron chi connectivity index (χ4n) is 2.14. The lowest BCUT2D eigenvalue weighted by molar-refractivity contribution is -0.115. The first kappa shape index (κ1) is 17.0. The van der Waals surface area contributed by atoms with Gasteiger partial charge in [-0.25, -0.2) is 13.8 Å². The monoisotopic (exact) mass is 369 g/mol. The minimum Gasteiger partial charge on any atom is -0.323 e. The van der Waals surface area contributed by atoms with Gasteiger partial charge in [0.15, 0.2) is 5.16 Å². The largest absolute Gasteiger partial charge is 0.323 e. The van der Waals surface area contributed by atoms with E-state index in [0.29, 0.717) is 22.2 Å². The Morgan fingerprint density at radius 3 is 3.00 bits per heavy atom. The molecule has 0 fully saturated rings. The molecule has 1 aliphatic heterocycles. The van der Waals surface area contributed by atoms with Gasteiger partial charge in [-0.3, -0.25) is 9.59 Å². The van der Waals surface area contributed by atoms with E-state index in [1.807, 2.05) is 0 Å². The van der Waals surface area contributed by atoms with Crippen molar-refractivity contribution < 1.29 is 13.6 Å².